The average molecular weight is 303 g/mol. The Labute approximate surface area is 126 Å². The van der Waals surface area contributed by atoms with Crippen LogP contribution < -0.4 is 5.32 Å². The van der Waals surface area contributed by atoms with Crippen molar-refractivity contribution in [2.24, 2.45) is 0 Å². The van der Waals surface area contributed by atoms with E-state index in [1.807, 2.05) is 6.07 Å². The highest BCUT2D eigenvalue weighted by Gasteiger charge is 2.24. The molecule has 5 heteroatoms. The molecule has 0 amide bonds. The van der Waals surface area contributed by atoms with Crippen LogP contribution in [-0.4, -0.2) is 16.8 Å². The molecule has 3 rings (SSSR count). The lowest BCUT2D eigenvalue weighted by Gasteiger charge is -2.27. The first-order chi connectivity index (χ1) is 10.2. The number of benzene rings is 2. The number of thioether (sulfide) groups is 1. The number of carbonyl (C=O) groups is 1. The van der Waals surface area contributed by atoms with Crippen molar-refractivity contribution in [1.29, 1.82) is 0 Å². The second-order valence-corrected chi connectivity index (χ2v) is 5.95. The fraction of sp³-hybridized carbons (Fsp3) is 0.188. The molecular weight excluding hydrogens is 289 g/mol. The maximum absolute atomic E-state index is 13.8. The van der Waals surface area contributed by atoms with E-state index in [9.17, 15) is 14.3 Å². The fourth-order valence-corrected chi connectivity index (χ4v) is 3.66. The molecule has 1 unspecified atom stereocenters. The van der Waals surface area contributed by atoms with Gasteiger partial charge in [-0.15, -0.1) is 11.8 Å². The number of nitrogens with one attached hydrogen (secondary N) is 1. The van der Waals surface area contributed by atoms with E-state index in [2.05, 4.69) is 5.32 Å². The van der Waals surface area contributed by atoms with Crippen LogP contribution in [0, 0.1) is 5.82 Å². The third kappa shape index (κ3) is 2.74. The maximum atomic E-state index is 13.8. The number of fused-ring (bicyclic) bond motifs is 1. The zero-order valence-corrected chi connectivity index (χ0v) is 12.0. The van der Waals surface area contributed by atoms with Crippen LogP contribution in [0.5, 0.6) is 0 Å². The van der Waals surface area contributed by atoms with Crippen LogP contribution in [0.3, 0.4) is 0 Å². The van der Waals surface area contributed by atoms with E-state index in [1.165, 1.54) is 17.8 Å². The molecule has 21 heavy (non-hydrogen) atoms. The molecule has 0 saturated carbocycles. The Balaban J connectivity index is 1.95. The lowest BCUT2D eigenvalue weighted by atomic mass is 10.0. The molecule has 108 valence electrons. The fourth-order valence-electron chi connectivity index (χ4n) is 2.52. The number of halogens is 1. The average Bonchev–Trinajstić information content (AvgIpc) is 2.49. The topological polar surface area (TPSA) is 49.3 Å². The van der Waals surface area contributed by atoms with E-state index in [1.54, 1.807) is 30.3 Å². The minimum Gasteiger partial charge on any atom is -0.478 e. The summed E-state index contributed by atoms with van der Waals surface area (Å²) < 4.78 is 13.8. The van der Waals surface area contributed by atoms with Crippen LogP contribution in [0.2, 0.25) is 0 Å². The van der Waals surface area contributed by atoms with Crippen LogP contribution in [0.15, 0.2) is 47.4 Å². The van der Waals surface area contributed by atoms with Gasteiger partial charge in [0, 0.05) is 16.3 Å². The van der Waals surface area contributed by atoms with E-state index >= 15 is 0 Å². The Morgan fingerprint density at radius 1 is 1.24 bits per heavy atom. The first-order valence-corrected chi connectivity index (χ1v) is 7.65. The summed E-state index contributed by atoms with van der Waals surface area (Å²) in [6, 6.07) is 11.8. The van der Waals surface area contributed by atoms with E-state index in [4.69, 9.17) is 0 Å². The molecule has 0 saturated heterocycles. The summed E-state index contributed by atoms with van der Waals surface area (Å²) in [5, 5.41) is 12.5. The molecule has 2 aromatic carbocycles. The summed E-state index contributed by atoms with van der Waals surface area (Å²) in [7, 11) is 0. The van der Waals surface area contributed by atoms with Gasteiger partial charge in [0.25, 0.3) is 0 Å². The maximum Gasteiger partial charge on any atom is 0.337 e. The lowest BCUT2D eigenvalue weighted by Crippen LogP contribution is -2.18. The SMILES string of the molecule is O=C(O)c1ccccc1NC1CCSc2c(F)cccc21. The Hall–Kier alpha value is -2.01. The highest BCUT2D eigenvalue weighted by molar-refractivity contribution is 7.99. The van der Waals surface area contributed by atoms with Crippen molar-refractivity contribution in [3.8, 4) is 0 Å². The van der Waals surface area contributed by atoms with Gasteiger partial charge in [-0.3, -0.25) is 0 Å². The smallest absolute Gasteiger partial charge is 0.337 e. The zero-order chi connectivity index (χ0) is 14.8. The second-order valence-electron chi connectivity index (χ2n) is 4.84. The Morgan fingerprint density at radius 2 is 2.05 bits per heavy atom. The molecular formula is C16H14FNO2S. The minimum absolute atomic E-state index is 0.0718. The Morgan fingerprint density at radius 3 is 2.86 bits per heavy atom. The molecule has 1 atom stereocenters. The minimum atomic E-state index is -0.970. The van der Waals surface area contributed by atoms with Crippen LogP contribution >= 0.6 is 11.8 Å². The molecule has 3 nitrogen and oxygen atoms in total. The van der Waals surface area contributed by atoms with Gasteiger partial charge in [-0.25, -0.2) is 9.18 Å². The van der Waals surface area contributed by atoms with Crippen LogP contribution in [0.25, 0.3) is 0 Å². The van der Waals surface area contributed by atoms with Gasteiger partial charge in [0.05, 0.1) is 11.6 Å². The van der Waals surface area contributed by atoms with Gasteiger partial charge in [0.1, 0.15) is 5.82 Å². The van der Waals surface area contributed by atoms with Crippen LogP contribution in [0.4, 0.5) is 10.1 Å². The number of aromatic carboxylic acids is 1. The van der Waals surface area contributed by atoms with E-state index < -0.39 is 5.97 Å². The summed E-state index contributed by atoms with van der Waals surface area (Å²) in [5.41, 5.74) is 1.69. The van der Waals surface area contributed by atoms with E-state index in [0.717, 1.165) is 17.7 Å². The largest absolute Gasteiger partial charge is 0.478 e. The van der Waals surface area contributed by atoms with Gasteiger partial charge in [-0.05, 0) is 30.2 Å². The van der Waals surface area contributed by atoms with Gasteiger partial charge >= 0.3 is 5.97 Å². The molecule has 0 fully saturated rings. The number of carboxylic acid groups (broad SMARTS) is 1. The molecule has 1 aliphatic rings. The van der Waals surface area contributed by atoms with Gasteiger partial charge in [-0.2, -0.15) is 0 Å². The monoisotopic (exact) mass is 303 g/mol. The Bertz CT molecular complexity index is 690. The van der Waals surface area contributed by atoms with Gasteiger partial charge in [0.15, 0.2) is 0 Å². The van der Waals surface area contributed by atoms with Gasteiger partial charge in [0.2, 0.25) is 0 Å². The molecule has 2 N–H and O–H groups in total. The van der Waals surface area contributed by atoms with Crippen molar-refractivity contribution >= 4 is 23.4 Å². The summed E-state index contributed by atoms with van der Waals surface area (Å²) >= 11 is 1.51. The first-order valence-electron chi connectivity index (χ1n) is 6.67. The summed E-state index contributed by atoms with van der Waals surface area (Å²) in [4.78, 5) is 11.9. The normalized spacial score (nSPS) is 17.1. The number of hydrogen-bond donors (Lipinski definition) is 2. The molecule has 2 aromatic rings. The number of anilines is 1. The standard InChI is InChI=1S/C16H14FNO2S/c17-12-6-3-5-10-14(8-9-21-15(10)12)18-13-7-2-1-4-11(13)16(19)20/h1-7,14,18H,8-9H2,(H,19,20). The van der Waals surface area contributed by atoms with Gasteiger partial charge in [-0.1, -0.05) is 24.3 Å². The molecule has 0 spiro atoms. The third-order valence-corrected chi connectivity index (χ3v) is 4.67. The van der Waals surface area contributed by atoms with Gasteiger partial charge < -0.3 is 10.4 Å². The van der Waals surface area contributed by atoms with E-state index in [0.29, 0.717) is 10.6 Å². The molecule has 0 radical (unpaired) electrons. The highest BCUT2D eigenvalue weighted by atomic mass is 32.2. The second kappa shape index (κ2) is 5.77. The quantitative estimate of drug-likeness (QED) is 0.893. The lowest BCUT2D eigenvalue weighted by molar-refractivity contribution is 0.0698. The van der Waals surface area contributed by atoms with Crippen molar-refractivity contribution in [2.45, 2.75) is 17.4 Å². The number of hydrogen-bond acceptors (Lipinski definition) is 3. The predicted molar refractivity (Wildman–Crippen MR) is 81.5 cm³/mol. The molecule has 0 bridgehead atoms. The number of carboxylic acids is 1. The summed E-state index contributed by atoms with van der Waals surface area (Å²) in [6.07, 6.45) is 0.828. The van der Waals surface area contributed by atoms with Crippen molar-refractivity contribution < 1.29 is 14.3 Å². The van der Waals surface area contributed by atoms with Crippen LogP contribution in [0.1, 0.15) is 28.4 Å². The third-order valence-electron chi connectivity index (χ3n) is 3.51. The molecule has 0 aliphatic carbocycles. The van der Waals surface area contributed by atoms with Crippen molar-refractivity contribution in [3.63, 3.8) is 0 Å². The molecule has 1 heterocycles. The summed E-state index contributed by atoms with van der Waals surface area (Å²) in [5.74, 6) is -0.376. The predicted octanol–water partition coefficient (Wildman–Crippen LogP) is 4.17. The Kier molecular flexibility index (Phi) is 3.84. The highest BCUT2D eigenvalue weighted by Crippen LogP contribution is 2.39. The first kappa shape index (κ1) is 13.9. The van der Waals surface area contributed by atoms with Crippen molar-refractivity contribution in [3.05, 3.63) is 59.4 Å². The summed E-state index contributed by atoms with van der Waals surface area (Å²) in [6.45, 7) is 0. The van der Waals surface area contributed by atoms with Crippen LogP contribution in [-0.2, 0) is 0 Å². The number of rotatable bonds is 3. The van der Waals surface area contributed by atoms with Crippen molar-refractivity contribution in [2.75, 3.05) is 11.1 Å². The molecule has 0 aromatic heterocycles. The number of para-hydroxylation sites is 1. The van der Waals surface area contributed by atoms with Crippen molar-refractivity contribution in [1.82, 2.24) is 0 Å². The molecule has 1 aliphatic heterocycles. The van der Waals surface area contributed by atoms with E-state index in [-0.39, 0.29) is 17.4 Å². The zero-order valence-electron chi connectivity index (χ0n) is 11.2.